The van der Waals surface area contributed by atoms with Crippen LogP contribution < -0.4 is 5.32 Å². The Morgan fingerprint density at radius 3 is 1.52 bits per heavy atom. The zero-order chi connectivity index (χ0) is 17.8. The van der Waals surface area contributed by atoms with Crippen LogP contribution in [0, 0.1) is 0 Å². The molecule has 0 spiro atoms. The van der Waals surface area contributed by atoms with Gasteiger partial charge in [0, 0.05) is 19.6 Å². The van der Waals surface area contributed by atoms with Gasteiger partial charge in [0.15, 0.2) is 0 Å². The molecule has 0 aromatic carbocycles. The number of carbonyl (C=O) groups excluding carboxylic acids is 4. The van der Waals surface area contributed by atoms with Crippen LogP contribution in [0.2, 0.25) is 0 Å². The van der Waals surface area contributed by atoms with Crippen LogP contribution in [0.5, 0.6) is 0 Å². The Morgan fingerprint density at radius 2 is 1.17 bits per heavy atom. The fraction of sp³-hybridized carbons (Fsp3) is 0.733. The number of nitrogens with one attached hydrogen (secondary N) is 1. The number of amides is 1. The molecule has 23 heavy (non-hydrogen) atoms. The molecule has 0 aromatic rings. The summed E-state index contributed by atoms with van der Waals surface area (Å²) < 4.78 is 0. The van der Waals surface area contributed by atoms with Crippen molar-refractivity contribution in [3.63, 3.8) is 0 Å². The maximum Gasteiger partial charge on any atom is 0.234 e. The molecule has 0 aliphatic carbocycles. The highest BCUT2D eigenvalue weighted by Crippen LogP contribution is 1.95. The summed E-state index contributed by atoms with van der Waals surface area (Å²) in [7, 11) is 0. The number of ketones is 3. The number of aliphatic hydroxyl groups excluding tert-OH is 1. The lowest BCUT2D eigenvalue weighted by atomic mass is 10.3. The number of carbonyl (C=O) groups is 4. The van der Waals surface area contributed by atoms with E-state index in [1.165, 1.54) is 20.8 Å². The smallest absolute Gasteiger partial charge is 0.234 e. The summed E-state index contributed by atoms with van der Waals surface area (Å²) in [5.41, 5.74) is 0. The maximum atomic E-state index is 11.7. The van der Waals surface area contributed by atoms with E-state index in [1.807, 2.05) is 0 Å². The molecule has 0 bridgehead atoms. The first-order valence-corrected chi connectivity index (χ1v) is 7.55. The van der Waals surface area contributed by atoms with Gasteiger partial charge in [-0.2, -0.15) is 0 Å². The standard InChI is InChI=1S/C15H27N3O5/c1-12(20)8-17(9-13(2)21)5-6-18(10-14(3)22)11-15(23)16-4-7-19/h19H,4-11H2,1-3H3,(H,16,23). The van der Waals surface area contributed by atoms with Crippen LogP contribution in [0.25, 0.3) is 0 Å². The first-order chi connectivity index (χ1) is 10.7. The van der Waals surface area contributed by atoms with Crippen molar-refractivity contribution in [1.29, 1.82) is 0 Å². The monoisotopic (exact) mass is 329 g/mol. The van der Waals surface area contributed by atoms with Crippen molar-refractivity contribution in [1.82, 2.24) is 15.1 Å². The fourth-order valence-corrected chi connectivity index (χ4v) is 2.11. The summed E-state index contributed by atoms with van der Waals surface area (Å²) in [5, 5.41) is 11.2. The second-order valence-electron chi connectivity index (χ2n) is 5.60. The number of hydrogen-bond acceptors (Lipinski definition) is 7. The summed E-state index contributed by atoms with van der Waals surface area (Å²) in [6.45, 7) is 5.57. The van der Waals surface area contributed by atoms with Crippen molar-refractivity contribution in [2.24, 2.45) is 0 Å². The highest BCUT2D eigenvalue weighted by Gasteiger charge is 2.16. The number of nitrogens with zero attached hydrogens (tertiary/aromatic N) is 2. The first kappa shape index (κ1) is 21.4. The predicted molar refractivity (Wildman–Crippen MR) is 85.0 cm³/mol. The van der Waals surface area contributed by atoms with Gasteiger partial charge in [-0.15, -0.1) is 0 Å². The van der Waals surface area contributed by atoms with E-state index in [9.17, 15) is 19.2 Å². The van der Waals surface area contributed by atoms with E-state index >= 15 is 0 Å². The Kier molecular flexibility index (Phi) is 11.0. The molecule has 0 fully saturated rings. The van der Waals surface area contributed by atoms with Gasteiger partial charge < -0.3 is 10.4 Å². The van der Waals surface area contributed by atoms with Crippen LogP contribution in [-0.4, -0.2) is 90.6 Å². The average Bonchev–Trinajstić information content (AvgIpc) is 2.40. The van der Waals surface area contributed by atoms with Gasteiger partial charge in [0.05, 0.1) is 32.8 Å². The minimum atomic E-state index is -0.287. The summed E-state index contributed by atoms with van der Waals surface area (Å²) in [4.78, 5) is 48.9. The summed E-state index contributed by atoms with van der Waals surface area (Å²) >= 11 is 0. The van der Waals surface area contributed by atoms with E-state index < -0.39 is 0 Å². The highest BCUT2D eigenvalue weighted by atomic mass is 16.3. The van der Waals surface area contributed by atoms with Gasteiger partial charge in [0.1, 0.15) is 17.3 Å². The molecule has 0 atom stereocenters. The van der Waals surface area contributed by atoms with E-state index in [1.54, 1.807) is 9.80 Å². The van der Waals surface area contributed by atoms with Crippen molar-refractivity contribution in [2.45, 2.75) is 20.8 Å². The fourth-order valence-electron chi connectivity index (χ4n) is 2.11. The Hall–Kier alpha value is -1.64. The molecule has 0 radical (unpaired) electrons. The van der Waals surface area contributed by atoms with Gasteiger partial charge in [-0.25, -0.2) is 0 Å². The molecule has 0 rings (SSSR count). The molecule has 0 aromatic heterocycles. The third-order valence-electron chi connectivity index (χ3n) is 2.87. The summed E-state index contributed by atoms with van der Waals surface area (Å²) in [6.07, 6.45) is 0. The lowest BCUT2D eigenvalue weighted by Gasteiger charge is -2.25. The molecule has 0 saturated carbocycles. The van der Waals surface area contributed by atoms with E-state index in [0.29, 0.717) is 13.1 Å². The Balaban J connectivity index is 4.59. The number of Topliss-reactive ketones (excluding diaryl/α,β-unsaturated/α-hetero) is 3. The zero-order valence-corrected chi connectivity index (χ0v) is 14.1. The van der Waals surface area contributed by atoms with E-state index in [2.05, 4.69) is 5.32 Å². The molecule has 1 amide bonds. The van der Waals surface area contributed by atoms with Gasteiger partial charge in [0.2, 0.25) is 5.91 Å². The van der Waals surface area contributed by atoms with Crippen molar-refractivity contribution in [3.05, 3.63) is 0 Å². The summed E-state index contributed by atoms with van der Waals surface area (Å²) in [5.74, 6) is -0.468. The number of aliphatic hydroxyl groups is 1. The van der Waals surface area contributed by atoms with Crippen molar-refractivity contribution >= 4 is 23.3 Å². The molecule has 0 aliphatic rings. The summed E-state index contributed by atoms with van der Waals surface area (Å²) in [6, 6.07) is 0. The van der Waals surface area contributed by atoms with Crippen LogP contribution in [-0.2, 0) is 19.2 Å². The van der Waals surface area contributed by atoms with Gasteiger partial charge in [-0.05, 0) is 20.8 Å². The normalized spacial score (nSPS) is 10.9. The third kappa shape index (κ3) is 12.6. The van der Waals surface area contributed by atoms with E-state index in [0.717, 1.165) is 0 Å². The topological polar surface area (TPSA) is 107 Å². The van der Waals surface area contributed by atoms with Crippen LogP contribution in [0.1, 0.15) is 20.8 Å². The second kappa shape index (κ2) is 11.9. The molecule has 2 N–H and O–H groups in total. The molecule has 0 saturated heterocycles. The lowest BCUT2D eigenvalue weighted by molar-refractivity contribution is -0.125. The molecule has 0 aliphatic heterocycles. The van der Waals surface area contributed by atoms with Crippen molar-refractivity contribution in [3.8, 4) is 0 Å². The molecule has 132 valence electrons. The van der Waals surface area contributed by atoms with Gasteiger partial charge in [-0.3, -0.25) is 29.0 Å². The van der Waals surface area contributed by atoms with E-state index in [-0.39, 0.29) is 62.6 Å². The highest BCUT2D eigenvalue weighted by molar-refractivity contribution is 5.81. The molecular weight excluding hydrogens is 302 g/mol. The minimum absolute atomic E-state index is 0.0214. The molecule has 8 nitrogen and oxygen atoms in total. The van der Waals surface area contributed by atoms with Crippen molar-refractivity contribution < 1.29 is 24.3 Å². The van der Waals surface area contributed by atoms with Crippen molar-refractivity contribution in [2.75, 3.05) is 52.4 Å². The quantitative estimate of drug-likeness (QED) is 0.422. The van der Waals surface area contributed by atoms with Gasteiger partial charge in [0.25, 0.3) is 0 Å². The molecular formula is C15H27N3O5. The zero-order valence-electron chi connectivity index (χ0n) is 14.1. The van der Waals surface area contributed by atoms with Crippen LogP contribution >= 0.6 is 0 Å². The largest absolute Gasteiger partial charge is 0.395 e. The van der Waals surface area contributed by atoms with Crippen LogP contribution in [0.3, 0.4) is 0 Å². The minimum Gasteiger partial charge on any atom is -0.395 e. The molecule has 8 heteroatoms. The second-order valence-corrected chi connectivity index (χ2v) is 5.60. The number of rotatable bonds is 13. The predicted octanol–water partition coefficient (Wildman–Crippen LogP) is -1.53. The Morgan fingerprint density at radius 1 is 0.783 bits per heavy atom. The van der Waals surface area contributed by atoms with E-state index in [4.69, 9.17) is 5.11 Å². The maximum absolute atomic E-state index is 11.7. The first-order valence-electron chi connectivity index (χ1n) is 7.55. The Labute approximate surface area is 136 Å². The lowest BCUT2D eigenvalue weighted by Crippen LogP contribution is -2.45. The SMILES string of the molecule is CC(=O)CN(CCN(CC(C)=O)CC(=O)NCCO)CC(C)=O. The molecule has 0 heterocycles. The van der Waals surface area contributed by atoms with Crippen LogP contribution in [0.4, 0.5) is 0 Å². The molecule has 0 unspecified atom stereocenters. The number of hydrogen-bond donors (Lipinski definition) is 2. The third-order valence-corrected chi connectivity index (χ3v) is 2.87. The van der Waals surface area contributed by atoms with Gasteiger partial charge in [-0.1, -0.05) is 0 Å². The van der Waals surface area contributed by atoms with Gasteiger partial charge >= 0.3 is 0 Å². The van der Waals surface area contributed by atoms with Crippen LogP contribution in [0.15, 0.2) is 0 Å². The Bertz CT molecular complexity index is 409. The average molecular weight is 329 g/mol.